The Hall–Kier alpha value is -2.71. The van der Waals surface area contributed by atoms with Gasteiger partial charge in [0.2, 0.25) is 0 Å². The summed E-state index contributed by atoms with van der Waals surface area (Å²) in [5, 5.41) is 4.42. The summed E-state index contributed by atoms with van der Waals surface area (Å²) in [6.07, 6.45) is 1.80. The predicted octanol–water partition coefficient (Wildman–Crippen LogP) is 4.45. The van der Waals surface area contributed by atoms with E-state index in [9.17, 15) is 4.79 Å². The molecule has 0 aliphatic carbocycles. The normalized spacial score (nSPS) is 16.0. The van der Waals surface area contributed by atoms with Crippen LogP contribution in [0.25, 0.3) is 11.5 Å². The molecule has 1 fully saturated rings. The van der Waals surface area contributed by atoms with Crippen molar-refractivity contribution < 1.29 is 18.8 Å². The van der Waals surface area contributed by atoms with Gasteiger partial charge in [-0.15, -0.1) is 0 Å². The van der Waals surface area contributed by atoms with E-state index >= 15 is 0 Å². The minimum Gasteiger partial charge on any atom is -0.481 e. The van der Waals surface area contributed by atoms with Gasteiger partial charge >= 0.3 is 5.97 Å². The summed E-state index contributed by atoms with van der Waals surface area (Å²) in [4.78, 5) is 18.9. The first-order chi connectivity index (χ1) is 15.5. The number of esters is 1. The van der Waals surface area contributed by atoms with Gasteiger partial charge in [-0.3, -0.25) is 0 Å². The Balaban J connectivity index is 1.68. The van der Waals surface area contributed by atoms with Crippen LogP contribution in [0, 0.1) is 0 Å². The molecule has 8 heteroatoms. The third kappa shape index (κ3) is 4.71. The van der Waals surface area contributed by atoms with E-state index in [2.05, 4.69) is 45.2 Å². The van der Waals surface area contributed by atoms with Crippen molar-refractivity contribution in [1.29, 1.82) is 0 Å². The van der Waals surface area contributed by atoms with Gasteiger partial charge < -0.3 is 18.9 Å². The quantitative estimate of drug-likeness (QED) is 0.444. The predicted molar refractivity (Wildman–Crippen MR) is 124 cm³/mol. The number of ether oxygens (including phenoxy) is 2. The second-order valence-corrected chi connectivity index (χ2v) is 8.82. The molecule has 32 heavy (non-hydrogen) atoms. The molecule has 0 unspecified atom stereocenters. The lowest BCUT2D eigenvalue weighted by Gasteiger charge is -2.38. The van der Waals surface area contributed by atoms with Gasteiger partial charge in [0.05, 0.1) is 17.6 Å². The number of carbonyl (C=O) groups is 1. The van der Waals surface area contributed by atoms with Crippen molar-refractivity contribution in [1.82, 2.24) is 15.0 Å². The van der Waals surface area contributed by atoms with Crippen LogP contribution in [-0.2, 0) is 14.9 Å². The third-order valence-corrected chi connectivity index (χ3v) is 6.34. The summed E-state index contributed by atoms with van der Waals surface area (Å²) in [5.41, 5.74) is 1.50. The fourth-order valence-electron chi connectivity index (χ4n) is 4.06. The number of piperidine rings is 1. The molecule has 0 spiro atoms. The molecule has 1 aliphatic heterocycles. The molecule has 0 atom stereocenters. The van der Waals surface area contributed by atoms with Crippen molar-refractivity contribution in [3.63, 3.8) is 0 Å². The van der Waals surface area contributed by atoms with E-state index in [0.717, 1.165) is 30.4 Å². The largest absolute Gasteiger partial charge is 0.481 e. The van der Waals surface area contributed by atoms with Gasteiger partial charge in [-0.05, 0) is 63.7 Å². The van der Waals surface area contributed by atoms with Crippen molar-refractivity contribution in [3.05, 3.63) is 64.4 Å². The summed E-state index contributed by atoms with van der Waals surface area (Å²) in [7, 11) is 2.13. The highest BCUT2D eigenvalue weighted by molar-refractivity contribution is 9.10. The zero-order valence-electron chi connectivity index (χ0n) is 18.2. The second kappa shape index (κ2) is 9.83. The van der Waals surface area contributed by atoms with Crippen LogP contribution in [0.4, 0.5) is 0 Å². The monoisotopic (exact) mass is 499 g/mol. The average Bonchev–Trinajstić information content (AvgIpc) is 3.30. The Morgan fingerprint density at radius 3 is 2.66 bits per heavy atom. The molecule has 1 aromatic heterocycles. The van der Waals surface area contributed by atoms with Gasteiger partial charge in [0, 0.05) is 4.47 Å². The highest BCUT2D eigenvalue weighted by Crippen LogP contribution is 2.41. The van der Waals surface area contributed by atoms with Crippen molar-refractivity contribution in [2.75, 3.05) is 33.4 Å². The number of hydrogen-bond acceptors (Lipinski definition) is 7. The highest BCUT2D eigenvalue weighted by atomic mass is 79.9. The Morgan fingerprint density at radius 2 is 1.94 bits per heavy atom. The van der Waals surface area contributed by atoms with Gasteiger partial charge in [-0.2, -0.15) is 4.98 Å². The molecule has 1 saturated heterocycles. The molecular weight excluding hydrogens is 474 g/mol. The molecule has 1 aliphatic rings. The topological polar surface area (TPSA) is 77.7 Å². The van der Waals surface area contributed by atoms with E-state index in [1.165, 1.54) is 5.56 Å². The van der Waals surface area contributed by atoms with Crippen molar-refractivity contribution in [2.45, 2.75) is 25.2 Å². The summed E-state index contributed by atoms with van der Waals surface area (Å²) in [5.74, 6) is 1.08. The summed E-state index contributed by atoms with van der Waals surface area (Å²) in [6.45, 7) is 3.77. The minimum absolute atomic E-state index is 0.191. The molecule has 0 N–H and O–H groups in total. The van der Waals surface area contributed by atoms with Crippen LogP contribution in [0.15, 0.2) is 57.5 Å². The number of rotatable bonds is 7. The standard InChI is InChI=1S/C24H26BrN3O4/c1-3-30-21(29)16-31-20-10-9-18(25)15-19(20)22-26-23(27-32-22)24(11-13-28(2)14-12-24)17-7-5-4-6-8-17/h4-10,15H,3,11-14,16H2,1-2H3. The van der Waals surface area contributed by atoms with E-state index < -0.39 is 5.97 Å². The maximum atomic E-state index is 11.8. The number of carbonyl (C=O) groups excluding carboxylic acids is 1. The van der Waals surface area contributed by atoms with Crippen LogP contribution in [0.5, 0.6) is 5.75 Å². The Kier molecular flexibility index (Phi) is 6.91. The highest BCUT2D eigenvalue weighted by Gasteiger charge is 2.41. The van der Waals surface area contributed by atoms with E-state index in [1.807, 2.05) is 30.3 Å². The maximum Gasteiger partial charge on any atom is 0.344 e. The molecule has 3 aromatic rings. The van der Waals surface area contributed by atoms with Crippen LogP contribution in [0.2, 0.25) is 0 Å². The summed E-state index contributed by atoms with van der Waals surface area (Å²) < 4.78 is 17.2. The summed E-state index contributed by atoms with van der Waals surface area (Å²) >= 11 is 3.49. The Bertz CT molecular complexity index is 1060. The number of benzene rings is 2. The molecule has 0 radical (unpaired) electrons. The van der Waals surface area contributed by atoms with Crippen LogP contribution < -0.4 is 4.74 Å². The van der Waals surface area contributed by atoms with Gasteiger partial charge in [0.25, 0.3) is 5.89 Å². The van der Waals surface area contributed by atoms with E-state index in [4.69, 9.17) is 19.0 Å². The maximum absolute atomic E-state index is 11.8. The van der Waals surface area contributed by atoms with Crippen LogP contribution in [-0.4, -0.2) is 54.4 Å². The van der Waals surface area contributed by atoms with Crippen LogP contribution >= 0.6 is 15.9 Å². The Labute approximate surface area is 195 Å². The molecular formula is C24H26BrN3O4. The van der Waals surface area contributed by atoms with Crippen molar-refractivity contribution >= 4 is 21.9 Å². The third-order valence-electron chi connectivity index (χ3n) is 5.84. The van der Waals surface area contributed by atoms with Gasteiger partial charge in [0.1, 0.15) is 5.75 Å². The first-order valence-electron chi connectivity index (χ1n) is 10.7. The van der Waals surface area contributed by atoms with Gasteiger partial charge in [0.15, 0.2) is 12.4 Å². The second-order valence-electron chi connectivity index (χ2n) is 7.91. The molecule has 2 aromatic carbocycles. The molecule has 7 nitrogen and oxygen atoms in total. The number of aromatic nitrogens is 2. The molecule has 4 rings (SSSR count). The first-order valence-corrected chi connectivity index (χ1v) is 11.5. The molecule has 0 amide bonds. The molecule has 168 valence electrons. The SMILES string of the molecule is CCOC(=O)COc1ccc(Br)cc1-c1nc(C2(c3ccccc3)CCN(C)CC2)no1. The van der Waals surface area contributed by atoms with E-state index in [0.29, 0.717) is 29.6 Å². The zero-order chi connectivity index (χ0) is 22.6. The van der Waals surface area contributed by atoms with E-state index in [1.54, 1.807) is 13.0 Å². The number of likely N-dealkylation sites (tertiary alicyclic amines) is 1. The number of hydrogen-bond donors (Lipinski definition) is 0. The average molecular weight is 500 g/mol. The van der Waals surface area contributed by atoms with Crippen molar-refractivity contribution in [3.8, 4) is 17.2 Å². The lowest BCUT2D eigenvalue weighted by Crippen LogP contribution is -2.42. The lowest BCUT2D eigenvalue weighted by molar-refractivity contribution is -0.145. The summed E-state index contributed by atoms with van der Waals surface area (Å²) in [6, 6.07) is 15.8. The fraction of sp³-hybridized carbons (Fsp3) is 0.375. The first kappa shape index (κ1) is 22.5. The fourth-order valence-corrected chi connectivity index (χ4v) is 4.42. The number of halogens is 1. The smallest absolute Gasteiger partial charge is 0.344 e. The Morgan fingerprint density at radius 1 is 1.19 bits per heavy atom. The van der Waals surface area contributed by atoms with Crippen LogP contribution in [0.1, 0.15) is 31.2 Å². The van der Waals surface area contributed by atoms with Crippen LogP contribution in [0.3, 0.4) is 0 Å². The van der Waals surface area contributed by atoms with Crippen molar-refractivity contribution in [2.24, 2.45) is 0 Å². The van der Waals surface area contributed by atoms with Gasteiger partial charge in [-0.25, -0.2) is 4.79 Å². The lowest BCUT2D eigenvalue weighted by atomic mass is 9.72. The zero-order valence-corrected chi connectivity index (χ0v) is 19.8. The molecule has 2 heterocycles. The minimum atomic E-state index is -0.429. The molecule has 0 bridgehead atoms. The van der Waals surface area contributed by atoms with Gasteiger partial charge in [-0.1, -0.05) is 51.4 Å². The molecule has 0 saturated carbocycles. The number of nitrogens with zero attached hydrogens (tertiary/aromatic N) is 3. The van der Waals surface area contributed by atoms with E-state index in [-0.39, 0.29) is 12.0 Å².